The first-order valence-corrected chi connectivity index (χ1v) is 11.2. The van der Waals surface area contributed by atoms with Gasteiger partial charge in [0.1, 0.15) is 11.4 Å². The van der Waals surface area contributed by atoms with Crippen LogP contribution in [-0.4, -0.2) is 30.7 Å². The number of fused-ring (bicyclic) bond motifs is 1. The summed E-state index contributed by atoms with van der Waals surface area (Å²) in [5.41, 5.74) is 0.315. The van der Waals surface area contributed by atoms with Crippen molar-refractivity contribution in [1.29, 1.82) is 0 Å². The average Bonchev–Trinajstić information content (AvgIpc) is 3.24. The van der Waals surface area contributed by atoms with E-state index in [0.29, 0.717) is 18.6 Å². The van der Waals surface area contributed by atoms with Gasteiger partial charge in [-0.3, -0.25) is 10.1 Å². The Morgan fingerprint density at radius 1 is 1.00 bits per heavy atom. The molecule has 9 heteroatoms. The van der Waals surface area contributed by atoms with Gasteiger partial charge in [-0.15, -0.1) is 0 Å². The number of anilines is 1. The van der Waals surface area contributed by atoms with E-state index in [-0.39, 0.29) is 39.5 Å². The van der Waals surface area contributed by atoms with Crippen molar-refractivity contribution in [2.45, 2.75) is 12.8 Å². The smallest absolute Gasteiger partial charge is 0.345 e. The van der Waals surface area contributed by atoms with Crippen molar-refractivity contribution >= 4 is 51.7 Å². The molecule has 0 atom stereocenters. The molecule has 7 nitrogen and oxygen atoms in total. The summed E-state index contributed by atoms with van der Waals surface area (Å²) in [5.74, 6) is -0.538. The standard InChI is InChI=1S/C25H20Cl2N2O5/c1-32-25(31)22-23(21-18(26)8-4-9-19(21)27)29-34-24(22)28-20(30)10-5-13-33-17-12-11-15-6-2-3-7-16(15)14-17/h2-4,6-9,11-12,14H,5,10,13H2,1H3,(H,28,30). The van der Waals surface area contributed by atoms with Crippen LogP contribution in [0.3, 0.4) is 0 Å². The predicted molar refractivity (Wildman–Crippen MR) is 131 cm³/mol. The third-order valence-electron chi connectivity index (χ3n) is 5.07. The van der Waals surface area contributed by atoms with Gasteiger partial charge in [0.2, 0.25) is 11.8 Å². The lowest BCUT2D eigenvalue weighted by atomic mass is 10.1. The summed E-state index contributed by atoms with van der Waals surface area (Å²) in [6, 6.07) is 18.7. The second-order valence-electron chi connectivity index (χ2n) is 7.33. The number of ether oxygens (including phenoxy) is 2. The zero-order chi connectivity index (χ0) is 24.1. The molecule has 0 aliphatic carbocycles. The zero-order valence-electron chi connectivity index (χ0n) is 18.1. The molecule has 0 bridgehead atoms. The molecule has 4 aromatic rings. The highest BCUT2D eigenvalue weighted by atomic mass is 35.5. The Morgan fingerprint density at radius 2 is 1.74 bits per heavy atom. The van der Waals surface area contributed by atoms with E-state index in [0.717, 1.165) is 16.5 Å². The fraction of sp³-hybridized carbons (Fsp3) is 0.160. The summed E-state index contributed by atoms with van der Waals surface area (Å²) >= 11 is 12.5. The van der Waals surface area contributed by atoms with Gasteiger partial charge in [-0.25, -0.2) is 4.79 Å². The van der Waals surface area contributed by atoms with Gasteiger partial charge in [-0.05, 0) is 41.5 Å². The minimum atomic E-state index is -0.748. The molecular weight excluding hydrogens is 479 g/mol. The Kier molecular flexibility index (Phi) is 7.35. The molecule has 0 saturated carbocycles. The quantitative estimate of drug-likeness (QED) is 0.223. The van der Waals surface area contributed by atoms with Gasteiger partial charge in [0, 0.05) is 12.0 Å². The van der Waals surface area contributed by atoms with E-state index in [2.05, 4.69) is 10.5 Å². The van der Waals surface area contributed by atoms with E-state index in [4.69, 9.17) is 37.2 Å². The van der Waals surface area contributed by atoms with Gasteiger partial charge >= 0.3 is 5.97 Å². The molecule has 34 heavy (non-hydrogen) atoms. The number of carbonyl (C=O) groups excluding carboxylic acids is 2. The number of rotatable bonds is 8. The van der Waals surface area contributed by atoms with Crippen molar-refractivity contribution < 1.29 is 23.6 Å². The van der Waals surface area contributed by atoms with E-state index >= 15 is 0 Å². The highest BCUT2D eigenvalue weighted by molar-refractivity contribution is 6.39. The number of hydrogen-bond acceptors (Lipinski definition) is 6. The van der Waals surface area contributed by atoms with Gasteiger partial charge in [0.05, 0.1) is 23.8 Å². The first kappa shape index (κ1) is 23.6. The monoisotopic (exact) mass is 498 g/mol. The Labute approximate surface area is 205 Å². The fourth-order valence-electron chi connectivity index (χ4n) is 3.43. The van der Waals surface area contributed by atoms with Crippen molar-refractivity contribution in [2.24, 2.45) is 0 Å². The van der Waals surface area contributed by atoms with Crippen LogP contribution < -0.4 is 10.1 Å². The van der Waals surface area contributed by atoms with Crippen LogP contribution >= 0.6 is 23.2 Å². The third-order valence-corrected chi connectivity index (χ3v) is 5.70. The molecule has 1 heterocycles. The van der Waals surface area contributed by atoms with E-state index in [1.807, 2.05) is 42.5 Å². The Bertz CT molecular complexity index is 1330. The predicted octanol–water partition coefficient (Wildman–Crippen LogP) is 6.39. The Balaban J connectivity index is 1.40. The molecule has 0 spiro atoms. The van der Waals surface area contributed by atoms with Crippen LogP contribution in [0.4, 0.5) is 5.88 Å². The maximum absolute atomic E-state index is 12.5. The molecule has 0 aliphatic heterocycles. The van der Waals surface area contributed by atoms with E-state index in [9.17, 15) is 9.59 Å². The van der Waals surface area contributed by atoms with Gasteiger partial charge in [-0.2, -0.15) is 0 Å². The first-order chi connectivity index (χ1) is 16.5. The lowest BCUT2D eigenvalue weighted by molar-refractivity contribution is -0.116. The van der Waals surface area contributed by atoms with Crippen molar-refractivity contribution in [2.75, 3.05) is 19.0 Å². The lowest BCUT2D eigenvalue weighted by Crippen LogP contribution is -2.15. The van der Waals surface area contributed by atoms with Crippen LogP contribution in [0.5, 0.6) is 5.75 Å². The normalized spacial score (nSPS) is 10.8. The van der Waals surface area contributed by atoms with E-state index in [1.54, 1.807) is 18.2 Å². The topological polar surface area (TPSA) is 90.7 Å². The number of hydrogen-bond donors (Lipinski definition) is 1. The molecule has 0 unspecified atom stereocenters. The fourth-order valence-corrected chi connectivity index (χ4v) is 4.01. The number of aromatic nitrogens is 1. The second-order valence-corrected chi connectivity index (χ2v) is 8.15. The Hall–Kier alpha value is -3.55. The maximum atomic E-state index is 12.5. The molecule has 0 aliphatic rings. The van der Waals surface area contributed by atoms with Crippen LogP contribution in [-0.2, 0) is 9.53 Å². The number of amides is 1. The number of benzene rings is 3. The van der Waals surface area contributed by atoms with Gasteiger partial charge in [-0.1, -0.05) is 64.8 Å². The summed E-state index contributed by atoms with van der Waals surface area (Å²) in [4.78, 5) is 24.9. The largest absolute Gasteiger partial charge is 0.494 e. The average molecular weight is 499 g/mol. The van der Waals surface area contributed by atoms with Crippen molar-refractivity contribution in [3.05, 3.63) is 76.3 Å². The van der Waals surface area contributed by atoms with Crippen LogP contribution in [0.25, 0.3) is 22.0 Å². The third kappa shape index (κ3) is 5.16. The minimum Gasteiger partial charge on any atom is -0.494 e. The van der Waals surface area contributed by atoms with Crippen molar-refractivity contribution in [3.8, 4) is 17.0 Å². The summed E-state index contributed by atoms with van der Waals surface area (Å²) in [7, 11) is 1.21. The molecule has 1 aromatic heterocycles. The highest BCUT2D eigenvalue weighted by Gasteiger charge is 2.28. The van der Waals surface area contributed by atoms with Crippen LogP contribution in [0.15, 0.2) is 65.2 Å². The second kappa shape index (κ2) is 10.6. The maximum Gasteiger partial charge on any atom is 0.345 e. The minimum absolute atomic E-state index is 0.0711. The lowest BCUT2D eigenvalue weighted by Gasteiger charge is -2.08. The van der Waals surface area contributed by atoms with Gasteiger partial charge < -0.3 is 14.0 Å². The van der Waals surface area contributed by atoms with Gasteiger partial charge in [0.25, 0.3) is 0 Å². The molecule has 4 rings (SSSR count). The number of nitrogens with zero attached hydrogens (tertiary/aromatic N) is 1. The molecule has 1 amide bonds. The number of methoxy groups -OCH3 is 1. The van der Waals surface area contributed by atoms with E-state index in [1.165, 1.54) is 7.11 Å². The molecule has 174 valence electrons. The van der Waals surface area contributed by atoms with E-state index < -0.39 is 5.97 Å². The van der Waals surface area contributed by atoms with Crippen molar-refractivity contribution in [3.63, 3.8) is 0 Å². The summed E-state index contributed by atoms with van der Waals surface area (Å²) < 4.78 is 15.8. The molecule has 1 N–H and O–H groups in total. The van der Waals surface area contributed by atoms with Crippen LogP contribution in [0.1, 0.15) is 23.2 Å². The molecule has 0 radical (unpaired) electrons. The number of nitrogens with one attached hydrogen (secondary N) is 1. The summed E-state index contributed by atoms with van der Waals surface area (Å²) in [6.45, 7) is 0.340. The SMILES string of the molecule is COC(=O)c1c(-c2c(Cl)cccc2Cl)noc1NC(=O)CCCOc1ccc2ccccc2c1. The molecular formula is C25H20Cl2N2O5. The first-order valence-electron chi connectivity index (χ1n) is 10.4. The van der Waals surface area contributed by atoms with Crippen LogP contribution in [0, 0.1) is 0 Å². The highest BCUT2D eigenvalue weighted by Crippen LogP contribution is 2.38. The van der Waals surface area contributed by atoms with Gasteiger partial charge in [0.15, 0.2) is 5.56 Å². The molecule has 0 saturated heterocycles. The summed E-state index contributed by atoms with van der Waals surface area (Å²) in [6.07, 6.45) is 0.584. The molecule has 0 fully saturated rings. The number of esters is 1. The van der Waals surface area contributed by atoms with Crippen LogP contribution in [0.2, 0.25) is 10.0 Å². The number of halogens is 2. The van der Waals surface area contributed by atoms with Crippen molar-refractivity contribution in [1.82, 2.24) is 5.16 Å². The zero-order valence-corrected chi connectivity index (χ0v) is 19.7. The Morgan fingerprint density at radius 3 is 2.47 bits per heavy atom. The number of carbonyl (C=O) groups is 2. The summed E-state index contributed by atoms with van der Waals surface area (Å²) in [5, 5.41) is 9.22. The molecule has 3 aromatic carbocycles.